The quantitative estimate of drug-likeness (QED) is 0.702. The van der Waals surface area contributed by atoms with Crippen LogP contribution in [0.5, 0.6) is 0 Å². The highest BCUT2D eigenvalue weighted by Crippen LogP contribution is 2.33. The van der Waals surface area contributed by atoms with Gasteiger partial charge in [0, 0.05) is 11.3 Å². The Bertz CT molecular complexity index is 326. The summed E-state index contributed by atoms with van der Waals surface area (Å²) < 4.78 is 12.9. The fourth-order valence-corrected chi connectivity index (χ4v) is 3.31. The average molecular weight is 269 g/mol. The van der Waals surface area contributed by atoms with Gasteiger partial charge in [-0.15, -0.1) is 0 Å². The first-order valence-electron chi connectivity index (χ1n) is 6.81. The highest BCUT2D eigenvalue weighted by Gasteiger charge is 2.18. The van der Waals surface area contributed by atoms with Gasteiger partial charge in [-0.3, -0.25) is 0 Å². The molecule has 0 spiro atoms. The van der Waals surface area contributed by atoms with Crippen LogP contribution in [0.3, 0.4) is 0 Å². The Morgan fingerprint density at radius 2 is 1.83 bits per heavy atom. The summed E-state index contributed by atoms with van der Waals surface area (Å²) in [6.07, 6.45) is 4.68. The number of hydrogen-bond acceptors (Lipinski definition) is 2. The van der Waals surface area contributed by atoms with Crippen molar-refractivity contribution < 1.29 is 4.39 Å². The molecule has 102 valence electrons. The van der Waals surface area contributed by atoms with Crippen LogP contribution in [0, 0.1) is 5.82 Å². The first kappa shape index (κ1) is 15.5. The molecule has 0 aromatic heterocycles. The molecule has 18 heavy (non-hydrogen) atoms. The van der Waals surface area contributed by atoms with Crippen molar-refractivity contribution in [2.24, 2.45) is 5.73 Å². The standard InChI is InChI=1S/C15H24FNS/c1-3-5-6-11-18-15(14(17)4-2)12-7-9-13(16)10-8-12/h7-10,14-15H,3-6,11,17H2,1-2H3. The predicted octanol–water partition coefficient (Wildman–Crippen LogP) is 4.53. The van der Waals surface area contributed by atoms with E-state index in [1.807, 2.05) is 23.9 Å². The van der Waals surface area contributed by atoms with E-state index in [0.29, 0.717) is 0 Å². The fraction of sp³-hybridized carbons (Fsp3) is 0.600. The molecule has 2 atom stereocenters. The molecule has 2 N–H and O–H groups in total. The van der Waals surface area contributed by atoms with E-state index in [1.54, 1.807) is 0 Å². The Kier molecular flexibility index (Phi) is 7.36. The molecule has 1 aromatic rings. The van der Waals surface area contributed by atoms with Crippen LogP contribution in [0.25, 0.3) is 0 Å². The molecule has 0 heterocycles. The molecule has 1 aromatic carbocycles. The third kappa shape index (κ3) is 4.99. The number of thioether (sulfide) groups is 1. The molecule has 0 aliphatic heterocycles. The van der Waals surface area contributed by atoms with Crippen molar-refractivity contribution >= 4 is 11.8 Å². The molecule has 2 unspecified atom stereocenters. The minimum Gasteiger partial charge on any atom is -0.326 e. The molecule has 3 heteroatoms. The van der Waals surface area contributed by atoms with Crippen molar-refractivity contribution in [3.05, 3.63) is 35.6 Å². The van der Waals surface area contributed by atoms with Crippen molar-refractivity contribution in [3.8, 4) is 0 Å². The lowest BCUT2D eigenvalue weighted by molar-refractivity contribution is 0.617. The van der Waals surface area contributed by atoms with Crippen LogP contribution in [0.1, 0.15) is 50.3 Å². The van der Waals surface area contributed by atoms with Crippen LogP contribution >= 0.6 is 11.8 Å². The number of hydrogen-bond donors (Lipinski definition) is 1. The molecular formula is C15H24FNS. The van der Waals surface area contributed by atoms with E-state index in [9.17, 15) is 4.39 Å². The van der Waals surface area contributed by atoms with Gasteiger partial charge in [-0.25, -0.2) is 4.39 Å². The second-order valence-corrected chi connectivity index (χ2v) is 5.87. The Morgan fingerprint density at radius 3 is 2.39 bits per heavy atom. The molecule has 0 amide bonds. The van der Waals surface area contributed by atoms with Gasteiger partial charge in [0.25, 0.3) is 0 Å². The molecule has 0 aliphatic carbocycles. The summed E-state index contributed by atoms with van der Waals surface area (Å²) in [6, 6.07) is 6.92. The summed E-state index contributed by atoms with van der Waals surface area (Å²) in [6.45, 7) is 4.31. The van der Waals surface area contributed by atoms with Crippen LogP contribution in [0.4, 0.5) is 4.39 Å². The molecule has 0 saturated heterocycles. The SMILES string of the molecule is CCCCCSC(c1ccc(F)cc1)C(N)CC. The van der Waals surface area contributed by atoms with E-state index in [2.05, 4.69) is 13.8 Å². The fourth-order valence-electron chi connectivity index (χ4n) is 1.90. The van der Waals surface area contributed by atoms with Gasteiger partial charge in [0.15, 0.2) is 0 Å². The molecule has 0 fully saturated rings. The van der Waals surface area contributed by atoms with E-state index in [1.165, 1.54) is 31.4 Å². The van der Waals surface area contributed by atoms with E-state index in [4.69, 9.17) is 5.73 Å². The Balaban J connectivity index is 2.63. The smallest absolute Gasteiger partial charge is 0.123 e. The lowest BCUT2D eigenvalue weighted by Gasteiger charge is -2.23. The lowest BCUT2D eigenvalue weighted by Crippen LogP contribution is -2.26. The summed E-state index contributed by atoms with van der Waals surface area (Å²) in [5.74, 6) is 0.947. The zero-order valence-corrected chi connectivity index (χ0v) is 12.2. The molecule has 0 aliphatic rings. The molecule has 0 radical (unpaired) electrons. The lowest BCUT2D eigenvalue weighted by atomic mass is 10.0. The first-order chi connectivity index (χ1) is 8.69. The highest BCUT2D eigenvalue weighted by atomic mass is 32.2. The predicted molar refractivity (Wildman–Crippen MR) is 79.4 cm³/mol. The van der Waals surface area contributed by atoms with Crippen molar-refractivity contribution in [1.29, 1.82) is 0 Å². The largest absolute Gasteiger partial charge is 0.326 e. The Morgan fingerprint density at radius 1 is 1.17 bits per heavy atom. The molecule has 1 nitrogen and oxygen atoms in total. The maximum absolute atomic E-state index is 12.9. The van der Waals surface area contributed by atoms with Gasteiger partial charge in [-0.05, 0) is 36.3 Å². The van der Waals surface area contributed by atoms with Crippen LogP contribution in [-0.2, 0) is 0 Å². The van der Waals surface area contributed by atoms with Crippen LogP contribution < -0.4 is 5.73 Å². The Labute approximate surface area is 114 Å². The van der Waals surface area contributed by atoms with Gasteiger partial charge < -0.3 is 5.73 Å². The van der Waals surface area contributed by atoms with E-state index in [0.717, 1.165) is 17.7 Å². The van der Waals surface area contributed by atoms with Crippen LogP contribution in [0.2, 0.25) is 0 Å². The van der Waals surface area contributed by atoms with E-state index in [-0.39, 0.29) is 17.1 Å². The third-order valence-electron chi connectivity index (χ3n) is 3.10. The topological polar surface area (TPSA) is 26.0 Å². The van der Waals surface area contributed by atoms with Gasteiger partial charge in [0.05, 0.1) is 0 Å². The van der Waals surface area contributed by atoms with Gasteiger partial charge >= 0.3 is 0 Å². The number of halogens is 1. The van der Waals surface area contributed by atoms with Crippen molar-refractivity contribution in [2.45, 2.75) is 50.8 Å². The van der Waals surface area contributed by atoms with Crippen molar-refractivity contribution in [3.63, 3.8) is 0 Å². The number of rotatable bonds is 8. The second kappa shape index (κ2) is 8.54. The molecular weight excluding hydrogens is 245 g/mol. The maximum Gasteiger partial charge on any atom is 0.123 e. The summed E-state index contributed by atoms with van der Waals surface area (Å²) in [7, 11) is 0. The third-order valence-corrected chi connectivity index (χ3v) is 4.61. The zero-order valence-electron chi connectivity index (χ0n) is 11.4. The minimum atomic E-state index is -0.182. The highest BCUT2D eigenvalue weighted by molar-refractivity contribution is 7.99. The van der Waals surface area contributed by atoms with Crippen molar-refractivity contribution in [1.82, 2.24) is 0 Å². The van der Waals surface area contributed by atoms with Crippen LogP contribution in [0.15, 0.2) is 24.3 Å². The molecule has 0 bridgehead atoms. The summed E-state index contributed by atoms with van der Waals surface area (Å²) >= 11 is 1.91. The molecule has 0 saturated carbocycles. The number of benzene rings is 1. The minimum absolute atomic E-state index is 0.141. The van der Waals surface area contributed by atoms with Gasteiger partial charge in [-0.2, -0.15) is 11.8 Å². The number of unbranched alkanes of at least 4 members (excludes halogenated alkanes) is 2. The summed E-state index contributed by atoms with van der Waals surface area (Å²) in [4.78, 5) is 0. The van der Waals surface area contributed by atoms with E-state index >= 15 is 0 Å². The van der Waals surface area contributed by atoms with Gasteiger partial charge in [0.2, 0.25) is 0 Å². The van der Waals surface area contributed by atoms with Gasteiger partial charge in [0.1, 0.15) is 5.82 Å². The maximum atomic E-state index is 12.9. The van der Waals surface area contributed by atoms with Crippen LogP contribution in [-0.4, -0.2) is 11.8 Å². The van der Waals surface area contributed by atoms with E-state index < -0.39 is 0 Å². The summed E-state index contributed by atoms with van der Waals surface area (Å²) in [5, 5.41) is 0.285. The second-order valence-electron chi connectivity index (χ2n) is 4.62. The Hall–Kier alpha value is -0.540. The number of nitrogens with two attached hydrogens (primary N) is 1. The van der Waals surface area contributed by atoms with Gasteiger partial charge in [-0.1, -0.05) is 38.8 Å². The zero-order chi connectivity index (χ0) is 13.4. The molecule has 1 rings (SSSR count). The van der Waals surface area contributed by atoms with Crippen molar-refractivity contribution in [2.75, 3.05) is 5.75 Å². The monoisotopic (exact) mass is 269 g/mol. The normalized spacial score (nSPS) is 14.4. The average Bonchev–Trinajstić information content (AvgIpc) is 2.39. The summed E-state index contributed by atoms with van der Waals surface area (Å²) in [5.41, 5.74) is 7.33. The first-order valence-corrected chi connectivity index (χ1v) is 7.86.